The number of rotatable bonds is 6. The summed E-state index contributed by atoms with van der Waals surface area (Å²) in [5.41, 5.74) is -1.11. The number of hydrogen-bond acceptors (Lipinski definition) is 9. The summed E-state index contributed by atoms with van der Waals surface area (Å²) < 4.78 is 35.0. The molecule has 3 heterocycles. The van der Waals surface area contributed by atoms with Gasteiger partial charge in [-0.1, -0.05) is 12.1 Å². The number of phosphoric acid groups is 1. The van der Waals surface area contributed by atoms with Gasteiger partial charge in [-0.05, 0) is 25.5 Å². The second kappa shape index (κ2) is 8.73. The lowest BCUT2D eigenvalue weighted by molar-refractivity contribution is -0.0450. The Bertz CT molecular complexity index is 1420. The molecule has 4 rings (SSSR count). The molecular weight excluding hydrogens is 459 g/mol. The van der Waals surface area contributed by atoms with Crippen LogP contribution in [-0.4, -0.2) is 38.4 Å². The van der Waals surface area contributed by atoms with Crippen LogP contribution in [0.3, 0.4) is 0 Å². The zero-order valence-electron chi connectivity index (χ0n) is 17.6. The second-order valence-corrected chi connectivity index (χ2v) is 8.94. The summed E-state index contributed by atoms with van der Waals surface area (Å²) >= 11 is 0. The van der Waals surface area contributed by atoms with Crippen molar-refractivity contribution in [2.24, 2.45) is 0 Å². The monoisotopic (exact) mass is 480 g/mol. The average Bonchev–Trinajstić information content (AvgIpc) is 3.12. The Kier molecular flexibility index (Phi) is 6.12. The van der Waals surface area contributed by atoms with Crippen LogP contribution in [0.25, 0.3) is 11.0 Å². The van der Waals surface area contributed by atoms with Crippen molar-refractivity contribution >= 4 is 18.8 Å². The first-order valence-electron chi connectivity index (χ1n) is 9.90. The fraction of sp³-hybridized carbons (Fsp3) is 0.350. The molecule has 1 aliphatic rings. The third-order valence-corrected chi connectivity index (χ3v) is 6.20. The van der Waals surface area contributed by atoms with Crippen LogP contribution < -0.4 is 21.4 Å². The normalized spacial score (nSPS) is 22.4. The highest BCUT2D eigenvalue weighted by Gasteiger charge is 2.42. The number of H-pyrrole nitrogens is 1. The van der Waals surface area contributed by atoms with Crippen molar-refractivity contribution in [2.75, 3.05) is 6.61 Å². The van der Waals surface area contributed by atoms with Gasteiger partial charge in [0.25, 0.3) is 5.56 Å². The van der Waals surface area contributed by atoms with E-state index in [9.17, 15) is 28.9 Å². The molecule has 0 saturated carbocycles. The Morgan fingerprint density at radius 1 is 1.24 bits per heavy atom. The quantitative estimate of drug-likeness (QED) is 0.343. The zero-order chi connectivity index (χ0) is 23.9. The molecule has 1 unspecified atom stereocenters. The van der Waals surface area contributed by atoms with E-state index in [0.717, 1.165) is 4.57 Å². The first kappa shape index (κ1) is 23.1. The number of ether oxygens (including phenoxy) is 1. The summed E-state index contributed by atoms with van der Waals surface area (Å²) in [5.74, 6) is -0.178. The van der Waals surface area contributed by atoms with E-state index in [4.69, 9.17) is 18.2 Å². The molecule has 3 N–H and O–H groups in total. The molecule has 1 saturated heterocycles. The number of nitrogens with zero attached hydrogens (tertiary/aromatic N) is 1. The van der Waals surface area contributed by atoms with Crippen molar-refractivity contribution in [1.29, 1.82) is 0 Å². The molecule has 1 fully saturated rings. The topological polar surface area (TPSA) is 170 Å². The van der Waals surface area contributed by atoms with E-state index in [1.54, 1.807) is 19.1 Å². The first-order chi connectivity index (χ1) is 15.6. The van der Waals surface area contributed by atoms with Crippen molar-refractivity contribution in [3.8, 4) is 5.75 Å². The van der Waals surface area contributed by atoms with Gasteiger partial charge in [0.2, 0.25) is 0 Å². The summed E-state index contributed by atoms with van der Waals surface area (Å²) in [6, 6.07) is 5.84. The second-order valence-electron chi connectivity index (χ2n) is 7.61. The van der Waals surface area contributed by atoms with Gasteiger partial charge in [0.15, 0.2) is 11.3 Å². The molecule has 13 heteroatoms. The minimum atomic E-state index is -4.79. The van der Waals surface area contributed by atoms with E-state index in [1.807, 2.05) is 0 Å². The van der Waals surface area contributed by atoms with Crippen LogP contribution in [0.5, 0.6) is 5.75 Å². The van der Waals surface area contributed by atoms with Gasteiger partial charge in [-0.3, -0.25) is 23.8 Å². The summed E-state index contributed by atoms with van der Waals surface area (Å²) in [6.45, 7) is 2.61. The number of benzene rings is 1. The van der Waals surface area contributed by atoms with E-state index in [0.29, 0.717) is 10.9 Å². The van der Waals surface area contributed by atoms with Gasteiger partial charge in [-0.15, -0.1) is 0 Å². The number of aliphatic hydroxyl groups excluding tert-OH is 1. The molecule has 0 bridgehead atoms. The van der Waals surface area contributed by atoms with Crippen LogP contribution in [0.4, 0.5) is 0 Å². The lowest BCUT2D eigenvalue weighted by atomic mass is 10.1. The highest BCUT2D eigenvalue weighted by molar-refractivity contribution is 7.47. The van der Waals surface area contributed by atoms with Crippen LogP contribution >= 0.6 is 7.82 Å². The maximum atomic E-state index is 12.8. The largest absolute Gasteiger partial charge is 0.527 e. The molecule has 0 aliphatic carbocycles. The van der Waals surface area contributed by atoms with Gasteiger partial charge < -0.3 is 18.8 Å². The van der Waals surface area contributed by atoms with Gasteiger partial charge in [-0.25, -0.2) is 14.2 Å². The number of aromatic amines is 1. The van der Waals surface area contributed by atoms with Gasteiger partial charge in [-0.2, -0.15) is 0 Å². The third kappa shape index (κ3) is 4.70. The van der Waals surface area contributed by atoms with E-state index in [-0.39, 0.29) is 23.3 Å². The number of phosphoric ester groups is 1. The number of aromatic nitrogens is 2. The minimum absolute atomic E-state index is 0.0186. The molecular formula is C20H21N2O10P. The predicted octanol–water partition coefficient (Wildman–Crippen LogP) is 1.10. The van der Waals surface area contributed by atoms with Crippen molar-refractivity contribution in [2.45, 2.75) is 38.7 Å². The number of aryl methyl sites for hydroxylation is 2. The van der Waals surface area contributed by atoms with Crippen molar-refractivity contribution in [1.82, 2.24) is 9.55 Å². The standard InChI is InChI=1S/C20H21N2O10P/c1-10-6-17(24)30-18-12(10)4-3-5-13(18)31-33(27,28)32-14-7-16(29-15(14)9-23)22-8-11(2)19(25)21-20(22)26/h3-6,8,14-16,23H,7,9H2,1-2H3,(H,27,28)(H,21,25,26)/t14-,15+,16+/m0/s1. The average molecular weight is 480 g/mol. The first-order valence-corrected chi connectivity index (χ1v) is 11.4. The molecule has 0 spiro atoms. The summed E-state index contributed by atoms with van der Waals surface area (Å²) in [6.07, 6.45) is -1.94. The molecule has 2 aromatic heterocycles. The van der Waals surface area contributed by atoms with Crippen LogP contribution in [0.2, 0.25) is 0 Å². The van der Waals surface area contributed by atoms with E-state index in [2.05, 4.69) is 4.98 Å². The van der Waals surface area contributed by atoms with E-state index in [1.165, 1.54) is 25.3 Å². The SMILES string of the molecule is Cc1cn([C@H]2C[C@H](OP(=O)(O)Oc3cccc4c(C)cc(=O)oc34)[C@@H](CO)O2)c(=O)[nH]c1=O. The lowest BCUT2D eigenvalue weighted by Gasteiger charge is -2.20. The number of para-hydroxylation sites is 1. The van der Waals surface area contributed by atoms with E-state index < -0.39 is 49.7 Å². The van der Waals surface area contributed by atoms with Gasteiger partial charge >= 0.3 is 19.1 Å². The highest BCUT2D eigenvalue weighted by Crippen LogP contribution is 2.49. The number of aliphatic hydroxyl groups is 1. The molecule has 3 aromatic rings. The molecule has 33 heavy (non-hydrogen) atoms. The molecule has 0 radical (unpaired) electrons. The zero-order valence-corrected chi connectivity index (χ0v) is 18.5. The molecule has 176 valence electrons. The molecule has 4 atom stereocenters. The summed E-state index contributed by atoms with van der Waals surface area (Å²) in [7, 11) is -4.79. The fourth-order valence-electron chi connectivity index (χ4n) is 3.65. The summed E-state index contributed by atoms with van der Waals surface area (Å²) in [5, 5.41) is 10.2. The Morgan fingerprint density at radius 3 is 2.73 bits per heavy atom. The van der Waals surface area contributed by atoms with Gasteiger partial charge in [0.05, 0.1) is 6.61 Å². The highest BCUT2D eigenvalue weighted by atomic mass is 31.2. The van der Waals surface area contributed by atoms with Crippen LogP contribution in [0.15, 0.2) is 49.3 Å². The Labute approximate surface area is 185 Å². The molecule has 12 nitrogen and oxygen atoms in total. The Hall–Kier alpha value is -3.02. The number of hydrogen-bond donors (Lipinski definition) is 3. The fourth-order valence-corrected chi connectivity index (χ4v) is 4.65. The van der Waals surface area contributed by atoms with Crippen molar-refractivity contribution in [3.05, 3.63) is 72.8 Å². The predicted molar refractivity (Wildman–Crippen MR) is 114 cm³/mol. The van der Waals surface area contributed by atoms with Crippen LogP contribution in [0, 0.1) is 13.8 Å². The maximum Gasteiger partial charge on any atom is 0.527 e. The van der Waals surface area contributed by atoms with E-state index >= 15 is 0 Å². The van der Waals surface area contributed by atoms with Gasteiger partial charge in [0.1, 0.15) is 18.4 Å². The third-order valence-electron chi connectivity index (χ3n) is 5.24. The minimum Gasteiger partial charge on any atom is -0.419 e. The van der Waals surface area contributed by atoms with Gasteiger partial charge in [0, 0.05) is 29.6 Å². The Balaban J connectivity index is 1.58. The van der Waals surface area contributed by atoms with Crippen molar-refractivity contribution < 1.29 is 32.8 Å². The lowest BCUT2D eigenvalue weighted by Crippen LogP contribution is -2.33. The number of nitrogens with one attached hydrogen (secondary N) is 1. The number of fused-ring (bicyclic) bond motifs is 1. The molecule has 1 aromatic carbocycles. The maximum absolute atomic E-state index is 12.8. The smallest absolute Gasteiger partial charge is 0.419 e. The summed E-state index contributed by atoms with van der Waals surface area (Å²) in [4.78, 5) is 48.0. The van der Waals surface area contributed by atoms with Crippen LogP contribution in [0.1, 0.15) is 23.8 Å². The Morgan fingerprint density at radius 2 is 2.00 bits per heavy atom. The van der Waals surface area contributed by atoms with Crippen LogP contribution in [-0.2, 0) is 13.8 Å². The molecule has 1 aliphatic heterocycles. The van der Waals surface area contributed by atoms with Crippen molar-refractivity contribution in [3.63, 3.8) is 0 Å². The molecule has 0 amide bonds.